The summed E-state index contributed by atoms with van der Waals surface area (Å²) >= 11 is 0. The number of nitrogens with one attached hydrogen (secondary N) is 1. The molecule has 2 aromatic heterocycles. The van der Waals surface area contributed by atoms with Crippen molar-refractivity contribution >= 4 is 11.6 Å². The number of nitrogens with zero attached hydrogens (tertiary/aromatic N) is 4. The van der Waals surface area contributed by atoms with Crippen LogP contribution in [0.4, 0.5) is 18.9 Å². The smallest absolute Gasteiger partial charge is 0.416 e. The van der Waals surface area contributed by atoms with Crippen molar-refractivity contribution in [1.29, 1.82) is 0 Å². The predicted octanol–water partition coefficient (Wildman–Crippen LogP) is 4.96. The van der Waals surface area contributed by atoms with Crippen molar-refractivity contribution in [1.82, 2.24) is 19.5 Å². The summed E-state index contributed by atoms with van der Waals surface area (Å²) in [4.78, 5) is 24.9. The van der Waals surface area contributed by atoms with Gasteiger partial charge in [0.25, 0.3) is 0 Å². The maximum Gasteiger partial charge on any atom is 0.416 e. The SMILES string of the molecule is Cc1nc(Oc2ccc(NC(=O)Cc3ccc(C(F)(F)F)cc3)cc2)cc(-n2ccnc2)n1. The molecule has 2 heterocycles. The molecule has 0 saturated heterocycles. The van der Waals surface area contributed by atoms with E-state index < -0.39 is 11.7 Å². The van der Waals surface area contributed by atoms with Gasteiger partial charge in [0.15, 0.2) is 0 Å². The van der Waals surface area contributed by atoms with Gasteiger partial charge in [-0.05, 0) is 48.9 Å². The van der Waals surface area contributed by atoms with E-state index in [1.54, 1.807) is 60.5 Å². The summed E-state index contributed by atoms with van der Waals surface area (Å²) in [5.41, 5.74) is 0.254. The van der Waals surface area contributed by atoms with Gasteiger partial charge in [-0.15, -0.1) is 0 Å². The number of carbonyl (C=O) groups excluding carboxylic acids is 1. The molecule has 0 unspecified atom stereocenters. The number of amides is 1. The Labute approximate surface area is 186 Å². The molecule has 0 bridgehead atoms. The van der Waals surface area contributed by atoms with Crippen LogP contribution >= 0.6 is 0 Å². The van der Waals surface area contributed by atoms with E-state index in [9.17, 15) is 18.0 Å². The van der Waals surface area contributed by atoms with Crippen LogP contribution < -0.4 is 10.1 Å². The lowest BCUT2D eigenvalue weighted by molar-refractivity contribution is -0.137. The summed E-state index contributed by atoms with van der Waals surface area (Å²) < 4.78 is 45.5. The monoisotopic (exact) mass is 453 g/mol. The van der Waals surface area contributed by atoms with Crippen LogP contribution in [0.5, 0.6) is 11.6 Å². The standard InChI is InChI=1S/C23H18F3N5O2/c1-15-28-20(31-11-10-27-14-31)13-22(29-15)33-19-8-6-18(7-9-19)30-21(32)12-16-2-4-17(5-3-16)23(24,25)26/h2-11,13-14H,12H2,1H3,(H,30,32). The highest BCUT2D eigenvalue weighted by atomic mass is 19.4. The fourth-order valence-corrected chi connectivity index (χ4v) is 3.03. The van der Waals surface area contributed by atoms with Crippen molar-refractivity contribution in [2.45, 2.75) is 19.5 Å². The average Bonchev–Trinajstić information content (AvgIpc) is 3.29. The second-order valence-electron chi connectivity index (χ2n) is 7.13. The second-order valence-corrected chi connectivity index (χ2v) is 7.13. The zero-order chi connectivity index (χ0) is 23.4. The summed E-state index contributed by atoms with van der Waals surface area (Å²) in [5, 5.41) is 2.71. The van der Waals surface area contributed by atoms with Gasteiger partial charge in [0.05, 0.1) is 12.0 Å². The van der Waals surface area contributed by atoms with E-state index in [2.05, 4.69) is 20.3 Å². The van der Waals surface area contributed by atoms with Crippen LogP contribution in [-0.4, -0.2) is 25.4 Å². The molecule has 0 spiro atoms. The lowest BCUT2D eigenvalue weighted by Gasteiger charge is -2.10. The summed E-state index contributed by atoms with van der Waals surface area (Å²) in [6.45, 7) is 1.75. The van der Waals surface area contributed by atoms with E-state index in [1.807, 2.05) is 0 Å². The van der Waals surface area contributed by atoms with Crippen LogP contribution in [0.25, 0.3) is 5.82 Å². The maximum absolute atomic E-state index is 12.6. The number of ether oxygens (including phenoxy) is 1. The van der Waals surface area contributed by atoms with Gasteiger partial charge in [0.2, 0.25) is 11.8 Å². The van der Waals surface area contributed by atoms with Crippen molar-refractivity contribution < 1.29 is 22.7 Å². The number of imidazole rings is 1. The van der Waals surface area contributed by atoms with Gasteiger partial charge in [0.1, 0.15) is 23.7 Å². The van der Waals surface area contributed by atoms with Gasteiger partial charge in [-0.2, -0.15) is 18.2 Å². The van der Waals surface area contributed by atoms with Gasteiger partial charge >= 0.3 is 6.18 Å². The third-order valence-corrected chi connectivity index (χ3v) is 4.58. The molecule has 0 aliphatic heterocycles. The van der Waals surface area contributed by atoms with E-state index >= 15 is 0 Å². The molecule has 33 heavy (non-hydrogen) atoms. The van der Waals surface area contributed by atoms with E-state index in [0.29, 0.717) is 34.5 Å². The third kappa shape index (κ3) is 5.73. The molecule has 2 aromatic carbocycles. The molecule has 4 rings (SSSR count). The minimum absolute atomic E-state index is 0.0480. The quantitative estimate of drug-likeness (QED) is 0.446. The molecule has 0 radical (unpaired) electrons. The Bertz CT molecular complexity index is 1240. The molecule has 10 heteroatoms. The Morgan fingerprint density at radius 2 is 1.79 bits per heavy atom. The average molecular weight is 453 g/mol. The maximum atomic E-state index is 12.6. The number of anilines is 1. The first-order chi connectivity index (χ1) is 15.8. The Morgan fingerprint density at radius 3 is 2.42 bits per heavy atom. The molecule has 168 valence electrons. The first-order valence-electron chi connectivity index (χ1n) is 9.84. The number of hydrogen-bond acceptors (Lipinski definition) is 5. The number of aromatic nitrogens is 4. The summed E-state index contributed by atoms with van der Waals surface area (Å²) in [6, 6.07) is 12.8. The number of benzene rings is 2. The van der Waals surface area contributed by atoms with E-state index in [0.717, 1.165) is 12.1 Å². The number of carbonyl (C=O) groups is 1. The Morgan fingerprint density at radius 1 is 1.06 bits per heavy atom. The van der Waals surface area contributed by atoms with Crippen LogP contribution in [0.1, 0.15) is 17.0 Å². The lowest BCUT2D eigenvalue weighted by Crippen LogP contribution is -2.14. The van der Waals surface area contributed by atoms with Crippen molar-refractivity contribution in [2.75, 3.05) is 5.32 Å². The summed E-state index contributed by atoms with van der Waals surface area (Å²) in [7, 11) is 0. The fraction of sp³-hybridized carbons (Fsp3) is 0.130. The molecule has 0 aliphatic rings. The van der Waals surface area contributed by atoms with Crippen LogP contribution in [0.15, 0.2) is 73.3 Å². The Kier molecular flexibility index (Phi) is 6.07. The van der Waals surface area contributed by atoms with Gasteiger partial charge < -0.3 is 10.1 Å². The molecule has 0 fully saturated rings. The van der Waals surface area contributed by atoms with Crippen LogP contribution in [-0.2, 0) is 17.4 Å². The highest BCUT2D eigenvalue weighted by Crippen LogP contribution is 2.29. The van der Waals surface area contributed by atoms with Gasteiger partial charge in [-0.3, -0.25) is 9.36 Å². The first kappa shape index (κ1) is 22.0. The molecular formula is C23H18F3N5O2. The summed E-state index contributed by atoms with van der Waals surface area (Å²) in [6.07, 6.45) is 0.563. The fourth-order valence-electron chi connectivity index (χ4n) is 3.03. The van der Waals surface area contributed by atoms with Crippen molar-refractivity contribution in [3.8, 4) is 17.4 Å². The molecule has 1 N–H and O–H groups in total. The van der Waals surface area contributed by atoms with Gasteiger partial charge in [0, 0.05) is 24.1 Å². The molecule has 0 atom stereocenters. The van der Waals surface area contributed by atoms with Gasteiger partial charge in [-0.1, -0.05) is 12.1 Å². The lowest BCUT2D eigenvalue weighted by atomic mass is 10.1. The third-order valence-electron chi connectivity index (χ3n) is 4.58. The number of alkyl halides is 3. The molecule has 4 aromatic rings. The zero-order valence-corrected chi connectivity index (χ0v) is 17.4. The molecule has 0 saturated carbocycles. The van der Waals surface area contributed by atoms with Crippen LogP contribution in [0.2, 0.25) is 0 Å². The van der Waals surface area contributed by atoms with E-state index in [4.69, 9.17) is 4.74 Å². The molecular weight excluding hydrogens is 435 g/mol. The van der Waals surface area contributed by atoms with Crippen molar-refractivity contribution in [3.05, 3.63) is 90.3 Å². The number of rotatable bonds is 6. The van der Waals surface area contributed by atoms with E-state index in [-0.39, 0.29) is 12.3 Å². The largest absolute Gasteiger partial charge is 0.439 e. The highest BCUT2D eigenvalue weighted by molar-refractivity contribution is 5.92. The van der Waals surface area contributed by atoms with Crippen LogP contribution in [0.3, 0.4) is 0 Å². The molecule has 1 amide bonds. The first-order valence-corrected chi connectivity index (χ1v) is 9.84. The second kappa shape index (κ2) is 9.11. The Balaban J connectivity index is 1.37. The zero-order valence-electron chi connectivity index (χ0n) is 17.4. The van der Waals surface area contributed by atoms with Crippen LogP contribution in [0, 0.1) is 6.92 Å². The highest BCUT2D eigenvalue weighted by Gasteiger charge is 2.29. The number of hydrogen-bond donors (Lipinski definition) is 1. The topological polar surface area (TPSA) is 81.9 Å². The molecule has 0 aliphatic carbocycles. The minimum atomic E-state index is -4.41. The minimum Gasteiger partial charge on any atom is -0.439 e. The van der Waals surface area contributed by atoms with Crippen molar-refractivity contribution in [2.24, 2.45) is 0 Å². The number of aryl methyl sites for hydroxylation is 1. The van der Waals surface area contributed by atoms with Gasteiger partial charge in [-0.25, -0.2) is 9.97 Å². The van der Waals surface area contributed by atoms with Crippen molar-refractivity contribution in [3.63, 3.8) is 0 Å². The number of halogens is 3. The normalized spacial score (nSPS) is 11.3. The summed E-state index contributed by atoms with van der Waals surface area (Å²) in [5.74, 6) is 1.65. The molecule has 7 nitrogen and oxygen atoms in total. The Hall–Kier alpha value is -4.21. The predicted molar refractivity (Wildman–Crippen MR) is 114 cm³/mol. The van der Waals surface area contributed by atoms with E-state index in [1.165, 1.54) is 12.1 Å².